The predicted octanol–water partition coefficient (Wildman–Crippen LogP) is 2.43. The summed E-state index contributed by atoms with van der Waals surface area (Å²) in [6.07, 6.45) is 1.60. The molecule has 0 radical (unpaired) electrons. The van der Waals surface area contributed by atoms with Crippen LogP contribution in [0.25, 0.3) is 0 Å². The first-order chi connectivity index (χ1) is 9.58. The Kier molecular flexibility index (Phi) is 7.09. The van der Waals surface area contributed by atoms with E-state index < -0.39 is 6.10 Å². The zero-order chi connectivity index (χ0) is 15.0. The van der Waals surface area contributed by atoms with Crippen LogP contribution < -0.4 is 10.1 Å². The number of carbonyl (C=O) groups is 1. The Labute approximate surface area is 121 Å². The lowest BCUT2D eigenvalue weighted by Crippen LogP contribution is -2.42. The molecule has 20 heavy (non-hydrogen) atoms. The number of benzene rings is 1. The lowest BCUT2D eigenvalue weighted by Gasteiger charge is -2.21. The van der Waals surface area contributed by atoms with Crippen molar-refractivity contribution >= 4 is 5.91 Å². The van der Waals surface area contributed by atoms with Gasteiger partial charge in [0.05, 0.1) is 0 Å². The van der Waals surface area contributed by atoms with Crippen molar-refractivity contribution in [1.29, 1.82) is 0 Å². The van der Waals surface area contributed by atoms with Crippen molar-refractivity contribution in [2.24, 2.45) is 0 Å². The highest BCUT2D eigenvalue weighted by molar-refractivity contribution is 5.81. The maximum Gasteiger partial charge on any atom is 0.261 e. The van der Waals surface area contributed by atoms with E-state index in [0.29, 0.717) is 12.8 Å². The number of hydrogen-bond donors (Lipinski definition) is 2. The number of aliphatic hydroxyl groups excluding tert-OH is 1. The molecule has 0 saturated heterocycles. The third kappa shape index (κ3) is 5.21. The van der Waals surface area contributed by atoms with E-state index in [9.17, 15) is 4.79 Å². The molecule has 0 aliphatic carbocycles. The molecule has 0 aromatic heterocycles. The maximum atomic E-state index is 12.2. The van der Waals surface area contributed by atoms with Crippen molar-refractivity contribution in [1.82, 2.24) is 5.32 Å². The summed E-state index contributed by atoms with van der Waals surface area (Å²) in [5.41, 5.74) is 1.02. The van der Waals surface area contributed by atoms with Gasteiger partial charge in [0.25, 0.3) is 5.91 Å². The summed E-state index contributed by atoms with van der Waals surface area (Å²) < 4.78 is 5.80. The van der Waals surface area contributed by atoms with Crippen LogP contribution in [0.15, 0.2) is 24.3 Å². The summed E-state index contributed by atoms with van der Waals surface area (Å²) in [7, 11) is 0. The first kappa shape index (κ1) is 16.5. The molecule has 0 heterocycles. The topological polar surface area (TPSA) is 58.6 Å². The Morgan fingerprint density at radius 1 is 1.40 bits per heavy atom. The van der Waals surface area contributed by atoms with E-state index in [4.69, 9.17) is 9.84 Å². The summed E-state index contributed by atoms with van der Waals surface area (Å²) in [6, 6.07) is 7.73. The Balaban J connectivity index is 2.57. The van der Waals surface area contributed by atoms with E-state index in [1.807, 2.05) is 45.0 Å². The predicted molar refractivity (Wildman–Crippen MR) is 79.8 cm³/mol. The number of hydrogen-bond acceptors (Lipinski definition) is 3. The van der Waals surface area contributed by atoms with Crippen LogP contribution in [0.4, 0.5) is 0 Å². The van der Waals surface area contributed by atoms with Gasteiger partial charge in [-0.25, -0.2) is 0 Å². The van der Waals surface area contributed by atoms with E-state index in [2.05, 4.69) is 5.32 Å². The van der Waals surface area contributed by atoms with E-state index in [-0.39, 0.29) is 18.6 Å². The van der Waals surface area contributed by atoms with Crippen molar-refractivity contribution in [2.45, 2.75) is 52.2 Å². The molecule has 0 aliphatic rings. The highest BCUT2D eigenvalue weighted by Crippen LogP contribution is 2.18. The van der Waals surface area contributed by atoms with Crippen LogP contribution in [0.3, 0.4) is 0 Å². The Bertz CT molecular complexity index is 420. The molecule has 0 bridgehead atoms. The Hall–Kier alpha value is -1.55. The number of para-hydroxylation sites is 1. The average Bonchev–Trinajstić information content (AvgIpc) is 2.44. The van der Waals surface area contributed by atoms with Crippen LogP contribution in [-0.2, 0) is 4.79 Å². The maximum absolute atomic E-state index is 12.2. The smallest absolute Gasteiger partial charge is 0.261 e. The molecule has 4 nitrogen and oxygen atoms in total. The van der Waals surface area contributed by atoms with E-state index in [1.165, 1.54) is 0 Å². The molecule has 0 saturated carbocycles. The fourth-order valence-electron chi connectivity index (χ4n) is 1.97. The summed E-state index contributed by atoms with van der Waals surface area (Å²) in [5.74, 6) is 0.652. The van der Waals surface area contributed by atoms with Crippen LogP contribution in [0.1, 0.15) is 38.7 Å². The SMILES string of the molecule is CCC(Oc1ccccc1C)C(=O)NC(C)CCCO. The fourth-order valence-corrected chi connectivity index (χ4v) is 1.97. The molecule has 0 fully saturated rings. The number of aryl methyl sites for hydroxylation is 1. The van der Waals surface area contributed by atoms with Gasteiger partial charge in [-0.3, -0.25) is 4.79 Å². The number of carbonyl (C=O) groups excluding carboxylic acids is 1. The Morgan fingerprint density at radius 2 is 2.10 bits per heavy atom. The lowest BCUT2D eigenvalue weighted by molar-refractivity contribution is -0.128. The number of rotatable bonds is 8. The van der Waals surface area contributed by atoms with E-state index in [0.717, 1.165) is 17.7 Å². The minimum atomic E-state index is -0.479. The van der Waals surface area contributed by atoms with Crippen LogP contribution in [0, 0.1) is 6.92 Å². The average molecular weight is 279 g/mol. The van der Waals surface area contributed by atoms with Gasteiger partial charge >= 0.3 is 0 Å². The van der Waals surface area contributed by atoms with Gasteiger partial charge in [0.2, 0.25) is 0 Å². The van der Waals surface area contributed by atoms with Gasteiger partial charge in [-0.05, 0) is 44.7 Å². The summed E-state index contributed by atoms with van der Waals surface area (Å²) in [4.78, 5) is 12.2. The molecular formula is C16H25NO3. The molecule has 2 N–H and O–H groups in total. The second-order valence-corrected chi connectivity index (χ2v) is 5.06. The molecule has 4 heteroatoms. The monoisotopic (exact) mass is 279 g/mol. The highest BCUT2D eigenvalue weighted by Gasteiger charge is 2.20. The molecule has 1 aromatic rings. The molecule has 1 rings (SSSR count). The third-order valence-electron chi connectivity index (χ3n) is 3.21. The number of nitrogens with one attached hydrogen (secondary N) is 1. The summed E-state index contributed by atoms with van der Waals surface area (Å²) in [5, 5.41) is 11.7. The van der Waals surface area contributed by atoms with Crippen molar-refractivity contribution in [3.8, 4) is 5.75 Å². The quantitative estimate of drug-likeness (QED) is 0.768. The second-order valence-electron chi connectivity index (χ2n) is 5.06. The van der Waals surface area contributed by atoms with E-state index in [1.54, 1.807) is 0 Å². The van der Waals surface area contributed by atoms with Gasteiger partial charge in [0.15, 0.2) is 6.10 Å². The van der Waals surface area contributed by atoms with Gasteiger partial charge in [-0.15, -0.1) is 0 Å². The number of ether oxygens (including phenoxy) is 1. The molecular weight excluding hydrogens is 254 g/mol. The largest absolute Gasteiger partial charge is 0.480 e. The van der Waals surface area contributed by atoms with E-state index >= 15 is 0 Å². The molecule has 112 valence electrons. The normalized spacial score (nSPS) is 13.6. The van der Waals surface area contributed by atoms with Crippen molar-refractivity contribution in [2.75, 3.05) is 6.61 Å². The van der Waals surface area contributed by atoms with Crippen LogP contribution in [0.5, 0.6) is 5.75 Å². The van der Waals surface area contributed by atoms with Crippen LogP contribution in [0.2, 0.25) is 0 Å². The van der Waals surface area contributed by atoms with Crippen LogP contribution in [-0.4, -0.2) is 29.8 Å². The minimum Gasteiger partial charge on any atom is -0.480 e. The van der Waals surface area contributed by atoms with Crippen molar-refractivity contribution < 1.29 is 14.6 Å². The second kappa shape index (κ2) is 8.59. The molecule has 1 amide bonds. The van der Waals surface area contributed by atoms with Gasteiger partial charge < -0.3 is 15.2 Å². The summed E-state index contributed by atoms with van der Waals surface area (Å²) >= 11 is 0. The van der Waals surface area contributed by atoms with Crippen LogP contribution >= 0.6 is 0 Å². The van der Waals surface area contributed by atoms with Crippen molar-refractivity contribution in [3.05, 3.63) is 29.8 Å². The molecule has 0 aliphatic heterocycles. The molecule has 2 unspecified atom stereocenters. The molecule has 1 aromatic carbocycles. The molecule has 2 atom stereocenters. The Morgan fingerprint density at radius 3 is 2.70 bits per heavy atom. The summed E-state index contributed by atoms with van der Waals surface area (Å²) in [6.45, 7) is 5.98. The number of aliphatic hydroxyl groups is 1. The van der Waals surface area contributed by atoms with Gasteiger partial charge in [-0.2, -0.15) is 0 Å². The van der Waals surface area contributed by atoms with Gasteiger partial charge in [0.1, 0.15) is 5.75 Å². The molecule has 0 spiro atoms. The standard InChI is InChI=1S/C16H25NO3/c1-4-14(16(19)17-13(3)9-7-11-18)20-15-10-6-5-8-12(15)2/h5-6,8,10,13-14,18H,4,7,9,11H2,1-3H3,(H,17,19). The zero-order valence-corrected chi connectivity index (χ0v) is 12.6. The minimum absolute atomic E-state index is 0.0455. The first-order valence-electron chi connectivity index (χ1n) is 7.22. The van der Waals surface area contributed by atoms with Crippen molar-refractivity contribution in [3.63, 3.8) is 0 Å². The number of amides is 1. The zero-order valence-electron chi connectivity index (χ0n) is 12.6. The fraction of sp³-hybridized carbons (Fsp3) is 0.562. The van der Waals surface area contributed by atoms with Gasteiger partial charge in [-0.1, -0.05) is 25.1 Å². The first-order valence-corrected chi connectivity index (χ1v) is 7.22. The van der Waals surface area contributed by atoms with Gasteiger partial charge in [0, 0.05) is 12.6 Å². The third-order valence-corrected chi connectivity index (χ3v) is 3.21. The highest BCUT2D eigenvalue weighted by atomic mass is 16.5. The lowest BCUT2D eigenvalue weighted by atomic mass is 10.1.